The molecule has 1 aliphatic heterocycles. The Morgan fingerprint density at radius 3 is 2.83 bits per heavy atom. The topological polar surface area (TPSA) is 74.6 Å². The Kier molecular flexibility index (Phi) is 6.36. The summed E-state index contributed by atoms with van der Waals surface area (Å²) in [7, 11) is 1.77. The number of hydrogen-bond donors (Lipinski definition) is 2. The van der Waals surface area contributed by atoms with Crippen LogP contribution in [0, 0.1) is 0 Å². The van der Waals surface area contributed by atoms with E-state index in [1.165, 1.54) is 6.92 Å². The third-order valence-corrected chi connectivity index (χ3v) is 4.51. The van der Waals surface area contributed by atoms with Crippen LogP contribution in [0.1, 0.15) is 53.5 Å². The van der Waals surface area contributed by atoms with Crippen molar-refractivity contribution in [3.05, 3.63) is 23.5 Å². The largest absolute Gasteiger partial charge is 0.395 e. The summed E-state index contributed by atoms with van der Waals surface area (Å²) in [6, 6.07) is 1.95. The van der Waals surface area contributed by atoms with Crippen LogP contribution in [0.25, 0.3) is 0 Å². The Balaban J connectivity index is 1.70. The Hall–Kier alpha value is -1.66. The van der Waals surface area contributed by atoms with Gasteiger partial charge >= 0.3 is 0 Å². The Morgan fingerprint density at radius 2 is 2.17 bits per heavy atom. The van der Waals surface area contributed by atoms with Gasteiger partial charge in [0.05, 0.1) is 6.61 Å². The summed E-state index contributed by atoms with van der Waals surface area (Å²) in [6.45, 7) is 4.39. The van der Waals surface area contributed by atoms with Crippen molar-refractivity contribution in [2.45, 2.75) is 38.6 Å². The van der Waals surface area contributed by atoms with Gasteiger partial charge in [-0.15, -0.1) is 0 Å². The van der Waals surface area contributed by atoms with E-state index in [0.29, 0.717) is 23.8 Å². The second-order valence-corrected chi connectivity index (χ2v) is 6.26. The zero-order chi connectivity index (χ0) is 16.8. The summed E-state index contributed by atoms with van der Waals surface area (Å²) in [5.74, 6) is -0.182. The van der Waals surface area contributed by atoms with E-state index in [-0.39, 0.29) is 18.3 Å². The Labute approximate surface area is 137 Å². The van der Waals surface area contributed by atoms with Crippen molar-refractivity contribution in [3.8, 4) is 0 Å². The molecule has 0 aromatic carbocycles. The van der Waals surface area contributed by atoms with Gasteiger partial charge in [0.2, 0.25) is 0 Å². The average Bonchev–Trinajstić information content (AvgIpc) is 3.12. The molecule has 6 nitrogen and oxygen atoms in total. The van der Waals surface area contributed by atoms with Gasteiger partial charge in [-0.2, -0.15) is 0 Å². The summed E-state index contributed by atoms with van der Waals surface area (Å²) in [5, 5.41) is 12.2. The summed E-state index contributed by atoms with van der Waals surface area (Å²) < 4.78 is 1.68. The number of nitrogens with zero attached hydrogens (tertiary/aromatic N) is 2. The highest BCUT2D eigenvalue weighted by Gasteiger charge is 2.22. The number of aromatic nitrogens is 1. The summed E-state index contributed by atoms with van der Waals surface area (Å²) >= 11 is 0. The molecule has 1 unspecified atom stereocenters. The summed E-state index contributed by atoms with van der Waals surface area (Å²) in [5.41, 5.74) is 1.07. The number of hydrogen-bond acceptors (Lipinski definition) is 4. The average molecular weight is 321 g/mol. The van der Waals surface area contributed by atoms with E-state index >= 15 is 0 Å². The second kappa shape index (κ2) is 8.26. The molecule has 1 aromatic heterocycles. The maximum atomic E-state index is 12.1. The molecule has 1 fully saturated rings. The number of aliphatic hydroxyl groups is 1. The predicted molar refractivity (Wildman–Crippen MR) is 88.7 cm³/mol. The highest BCUT2D eigenvalue weighted by molar-refractivity contribution is 5.99. The van der Waals surface area contributed by atoms with Crippen molar-refractivity contribution in [2.75, 3.05) is 26.2 Å². The fourth-order valence-corrected chi connectivity index (χ4v) is 3.11. The van der Waals surface area contributed by atoms with Gasteiger partial charge in [0.1, 0.15) is 5.69 Å². The number of aryl methyl sites for hydroxylation is 1. The molecule has 1 aromatic rings. The minimum absolute atomic E-state index is 0.0382. The van der Waals surface area contributed by atoms with Crippen molar-refractivity contribution in [2.24, 2.45) is 7.05 Å². The normalized spacial score (nSPS) is 18.3. The molecule has 6 heteroatoms. The fourth-order valence-electron chi connectivity index (χ4n) is 3.11. The van der Waals surface area contributed by atoms with Crippen LogP contribution < -0.4 is 5.32 Å². The lowest BCUT2D eigenvalue weighted by Gasteiger charge is -2.22. The number of carbonyl (C=O) groups excluding carboxylic acids is 2. The van der Waals surface area contributed by atoms with Gasteiger partial charge in [0.25, 0.3) is 5.91 Å². The molecule has 0 bridgehead atoms. The summed E-state index contributed by atoms with van der Waals surface area (Å²) in [4.78, 5) is 25.8. The fraction of sp³-hybridized carbons (Fsp3) is 0.647. The van der Waals surface area contributed by atoms with E-state index in [0.717, 1.165) is 38.8 Å². The van der Waals surface area contributed by atoms with Crippen LogP contribution in [0.5, 0.6) is 0 Å². The number of unbranched alkanes of at least 4 members (excludes halogenated alkanes) is 1. The maximum Gasteiger partial charge on any atom is 0.267 e. The van der Waals surface area contributed by atoms with Gasteiger partial charge in [-0.25, -0.2) is 0 Å². The molecule has 0 aliphatic carbocycles. The first-order valence-electron chi connectivity index (χ1n) is 8.33. The third kappa shape index (κ3) is 4.65. The first-order chi connectivity index (χ1) is 11.0. The van der Waals surface area contributed by atoms with Gasteiger partial charge < -0.3 is 15.0 Å². The number of amides is 1. The number of nitrogens with one attached hydrogen (secondary N) is 1. The monoisotopic (exact) mass is 321 g/mol. The second-order valence-electron chi connectivity index (χ2n) is 6.26. The van der Waals surface area contributed by atoms with Crippen LogP contribution in [0.3, 0.4) is 0 Å². The van der Waals surface area contributed by atoms with Crippen LogP contribution in [-0.4, -0.2) is 58.5 Å². The van der Waals surface area contributed by atoms with Crippen molar-refractivity contribution in [3.63, 3.8) is 0 Å². The van der Waals surface area contributed by atoms with Crippen molar-refractivity contribution in [1.29, 1.82) is 0 Å². The molecule has 128 valence electrons. The molecular formula is C17H27N3O3. The molecule has 0 radical (unpaired) electrons. The first-order valence-corrected chi connectivity index (χ1v) is 8.33. The maximum absolute atomic E-state index is 12.1. The highest BCUT2D eigenvalue weighted by atomic mass is 16.3. The predicted octanol–water partition coefficient (Wildman–Crippen LogP) is 1.19. The van der Waals surface area contributed by atoms with Crippen molar-refractivity contribution < 1.29 is 14.7 Å². The van der Waals surface area contributed by atoms with Gasteiger partial charge in [0.15, 0.2) is 5.78 Å². The minimum atomic E-state index is -0.144. The standard InChI is InChI=1S/C17H27N3O3/c1-13(22)14-10-16(19(2)11-14)17(23)18-7-3-4-8-20-9-5-6-15(20)12-21/h10-11,15,21H,3-9,12H2,1-2H3,(H,18,23). The molecule has 2 heterocycles. The van der Waals surface area contributed by atoms with Gasteiger partial charge in [0, 0.05) is 31.4 Å². The molecule has 0 saturated carbocycles. The molecular weight excluding hydrogens is 294 g/mol. The third-order valence-electron chi connectivity index (χ3n) is 4.51. The first kappa shape index (κ1) is 17.7. The number of likely N-dealkylation sites (tertiary alicyclic amines) is 1. The molecule has 23 heavy (non-hydrogen) atoms. The molecule has 1 atom stereocenters. The SMILES string of the molecule is CC(=O)c1cc(C(=O)NCCCCN2CCCC2CO)n(C)c1. The van der Waals surface area contributed by atoms with Crippen LogP contribution in [0.15, 0.2) is 12.3 Å². The van der Waals surface area contributed by atoms with Gasteiger partial charge in [-0.1, -0.05) is 0 Å². The molecule has 0 spiro atoms. The molecule has 2 N–H and O–H groups in total. The highest BCUT2D eigenvalue weighted by Crippen LogP contribution is 2.16. The van der Waals surface area contributed by atoms with Crippen LogP contribution in [-0.2, 0) is 7.05 Å². The van der Waals surface area contributed by atoms with Crippen molar-refractivity contribution >= 4 is 11.7 Å². The smallest absolute Gasteiger partial charge is 0.267 e. The zero-order valence-corrected chi connectivity index (χ0v) is 14.0. The van der Waals surface area contributed by atoms with E-state index < -0.39 is 0 Å². The van der Waals surface area contributed by atoms with Crippen molar-refractivity contribution in [1.82, 2.24) is 14.8 Å². The van der Waals surface area contributed by atoms with E-state index in [4.69, 9.17) is 0 Å². The molecule has 1 saturated heterocycles. The van der Waals surface area contributed by atoms with E-state index in [1.807, 2.05) is 0 Å². The van der Waals surface area contributed by atoms with E-state index in [2.05, 4.69) is 10.2 Å². The van der Waals surface area contributed by atoms with Crippen LogP contribution >= 0.6 is 0 Å². The molecule has 1 amide bonds. The van der Waals surface area contributed by atoms with Gasteiger partial charge in [-0.3, -0.25) is 14.5 Å². The number of aliphatic hydroxyl groups excluding tert-OH is 1. The quantitative estimate of drug-likeness (QED) is 0.557. The lowest BCUT2D eigenvalue weighted by Crippen LogP contribution is -2.33. The van der Waals surface area contributed by atoms with E-state index in [9.17, 15) is 14.7 Å². The number of rotatable bonds is 8. The number of ketones is 1. The van der Waals surface area contributed by atoms with Gasteiger partial charge in [-0.05, 0) is 51.8 Å². The van der Waals surface area contributed by atoms with Crippen LogP contribution in [0.4, 0.5) is 0 Å². The lowest BCUT2D eigenvalue weighted by atomic mass is 10.2. The Morgan fingerprint density at radius 1 is 1.39 bits per heavy atom. The van der Waals surface area contributed by atoms with Crippen LogP contribution in [0.2, 0.25) is 0 Å². The van der Waals surface area contributed by atoms with E-state index in [1.54, 1.807) is 23.9 Å². The lowest BCUT2D eigenvalue weighted by molar-refractivity contribution is 0.0943. The Bertz CT molecular complexity index is 553. The zero-order valence-electron chi connectivity index (χ0n) is 14.0. The summed E-state index contributed by atoms with van der Waals surface area (Å²) in [6.07, 6.45) is 5.83. The molecule has 1 aliphatic rings. The minimum Gasteiger partial charge on any atom is -0.395 e. The molecule has 2 rings (SSSR count). The number of Topliss-reactive ketones (excluding diaryl/α,β-unsaturated/α-hetero) is 1. The number of carbonyl (C=O) groups is 2.